The van der Waals surface area contributed by atoms with Gasteiger partial charge in [-0.25, -0.2) is 0 Å². The van der Waals surface area contributed by atoms with Crippen LogP contribution in [-0.2, 0) is 6.42 Å². The number of methoxy groups -OCH3 is 2. The van der Waals surface area contributed by atoms with E-state index in [1.54, 1.807) is 14.2 Å². The zero-order valence-corrected chi connectivity index (χ0v) is 14.1. The first-order valence-electron chi connectivity index (χ1n) is 6.82. The number of halogens is 1. The third kappa shape index (κ3) is 3.77. The Balaban J connectivity index is 2.25. The van der Waals surface area contributed by atoms with Gasteiger partial charge >= 0.3 is 0 Å². The fraction of sp³-hybridized carbons (Fsp3) is 0.294. The van der Waals surface area contributed by atoms with Crippen molar-refractivity contribution in [3.63, 3.8) is 0 Å². The number of likely N-dealkylation sites (N-methyl/N-ethyl adjacent to an activating group) is 1. The molecule has 0 saturated heterocycles. The first-order chi connectivity index (χ1) is 10.2. The van der Waals surface area contributed by atoms with E-state index >= 15 is 0 Å². The van der Waals surface area contributed by atoms with Crippen molar-refractivity contribution in [2.45, 2.75) is 12.5 Å². The standard InChI is InChI=1S/C17H20BrNO2/c1-19-15(13-6-4-5-7-14(13)18)10-12-8-9-16(20-2)17(11-12)21-3/h4-9,11,15,19H,10H2,1-3H3. The SMILES string of the molecule is CNC(Cc1ccc(OC)c(OC)c1)c1ccccc1Br. The number of nitrogens with one attached hydrogen (secondary N) is 1. The maximum absolute atomic E-state index is 5.37. The van der Waals surface area contributed by atoms with Crippen LogP contribution in [-0.4, -0.2) is 21.3 Å². The molecule has 0 aromatic heterocycles. The number of hydrogen-bond acceptors (Lipinski definition) is 3. The fourth-order valence-corrected chi connectivity index (χ4v) is 2.93. The van der Waals surface area contributed by atoms with Gasteiger partial charge in [0.2, 0.25) is 0 Å². The Kier molecular flexibility index (Phi) is 5.65. The molecule has 0 saturated carbocycles. The average Bonchev–Trinajstić information content (AvgIpc) is 2.53. The van der Waals surface area contributed by atoms with Crippen molar-refractivity contribution in [2.75, 3.05) is 21.3 Å². The zero-order valence-electron chi connectivity index (χ0n) is 12.5. The molecule has 2 rings (SSSR count). The first-order valence-corrected chi connectivity index (χ1v) is 7.61. The summed E-state index contributed by atoms with van der Waals surface area (Å²) < 4.78 is 11.8. The molecule has 1 atom stereocenters. The highest BCUT2D eigenvalue weighted by atomic mass is 79.9. The zero-order chi connectivity index (χ0) is 15.2. The largest absolute Gasteiger partial charge is 0.493 e. The molecule has 0 amide bonds. The summed E-state index contributed by atoms with van der Waals surface area (Å²) in [6.45, 7) is 0. The molecule has 4 heteroatoms. The molecule has 3 nitrogen and oxygen atoms in total. The van der Waals surface area contributed by atoms with Crippen LogP contribution >= 0.6 is 15.9 Å². The second-order valence-corrected chi connectivity index (χ2v) is 5.61. The van der Waals surface area contributed by atoms with E-state index in [1.807, 2.05) is 25.2 Å². The van der Waals surface area contributed by atoms with Crippen LogP contribution in [0.4, 0.5) is 0 Å². The van der Waals surface area contributed by atoms with E-state index in [1.165, 1.54) is 11.1 Å². The second-order valence-electron chi connectivity index (χ2n) is 4.76. The first kappa shape index (κ1) is 15.9. The van der Waals surface area contributed by atoms with Crippen molar-refractivity contribution in [1.82, 2.24) is 5.32 Å². The minimum absolute atomic E-state index is 0.235. The fourth-order valence-electron chi connectivity index (χ4n) is 2.37. The third-order valence-corrected chi connectivity index (χ3v) is 4.24. The molecule has 1 unspecified atom stereocenters. The van der Waals surface area contributed by atoms with Gasteiger partial charge in [0.25, 0.3) is 0 Å². The van der Waals surface area contributed by atoms with Gasteiger partial charge in [-0.15, -0.1) is 0 Å². The van der Waals surface area contributed by atoms with Gasteiger partial charge in [0, 0.05) is 10.5 Å². The van der Waals surface area contributed by atoms with E-state index in [-0.39, 0.29) is 6.04 Å². The van der Waals surface area contributed by atoms with Crippen molar-refractivity contribution >= 4 is 15.9 Å². The normalized spacial score (nSPS) is 12.0. The summed E-state index contributed by atoms with van der Waals surface area (Å²) in [4.78, 5) is 0. The van der Waals surface area contributed by atoms with Gasteiger partial charge in [-0.05, 0) is 42.8 Å². The van der Waals surface area contributed by atoms with Crippen LogP contribution < -0.4 is 14.8 Å². The average molecular weight is 350 g/mol. The number of hydrogen-bond donors (Lipinski definition) is 1. The molecule has 0 aliphatic heterocycles. The molecule has 0 aliphatic carbocycles. The van der Waals surface area contributed by atoms with Gasteiger partial charge < -0.3 is 14.8 Å². The molecular formula is C17H20BrNO2. The molecule has 2 aromatic rings. The van der Waals surface area contributed by atoms with E-state index in [2.05, 4.69) is 45.5 Å². The second kappa shape index (κ2) is 7.48. The molecule has 21 heavy (non-hydrogen) atoms. The molecule has 0 bridgehead atoms. The van der Waals surface area contributed by atoms with Crippen LogP contribution in [0.2, 0.25) is 0 Å². The minimum Gasteiger partial charge on any atom is -0.493 e. The van der Waals surface area contributed by atoms with E-state index in [0.29, 0.717) is 0 Å². The highest BCUT2D eigenvalue weighted by molar-refractivity contribution is 9.10. The Morgan fingerprint density at radius 1 is 1.05 bits per heavy atom. The Bertz CT molecular complexity index is 601. The van der Waals surface area contributed by atoms with Crippen molar-refractivity contribution in [1.29, 1.82) is 0 Å². The van der Waals surface area contributed by atoms with Crippen LogP contribution in [0, 0.1) is 0 Å². The molecule has 0 fully saturated rings. The Morgan fingerprint density at radius 3 is 2.38 bits per heavy atom. The van der Waals surface area contributed by atoms with E-state index < -0.39 is 0 Å². The third-order valence-electron chi connectivity index (χ3n) is 3.52. The number of rotatable bonds is 6. The summed E-state index contributed by atoms with van der Waals surface area (Å²) in [6.07, 6.45) is 0.874. The smallest absolute Gasteiger partial charge is 0.160 e. The highest BCUT2D eigenvalue weighted by Crippen LogP contribution is 2.31. The Hall–Kier alpha value is -1.52. The van der Waals surface area contributed by atoms with Gasteiger partial charge in [-0.2, -0.15) is 0 Å². The molecule has 0 heterocycles. The van der Waals surface area contributed by atoms with Crippen molar-refractivity contribution in [3.8, 4) is 11.5 Å². The van der Waals surface area contributed by atoms with Gasteiger partial charge in [0.05, 0.1) is 14.2 Å². The summed E-state index contributed by atoms with van der Waals surface area (Å²) in [7, 11) is 5.28. The lowest BCUT2D eigenvalue weighted by Crippen LogP contribution is -2.19. The van der Waals surface area contributed by atoms with Gasteiger partial charge in [0.1, 0.15) is 0 Å². The summed E-state index contributed by atoms with van der Waals surface area (Å²) in [5.74, 6) is 1.51. The van der Waals surface area contributed by atoms with Gasteiger partial charge in [-0.1, -0.05) is 40.2 Å². The van der Waals surface area contributed by atoms with Gasteiger partial charge in [0.15, 0.2) is 11.5 Å². The van der Waals surface area contributed by atoms with Crippen molar-refractivity contribution < 1.29 is 9.47 Å². The van der Waals surface area contributed by atoms with E-state index in [4.69, 9.17) is 9.47 Å². The monoisotopic (exact) mass is 349 g/mol. The molecular weight excluding hydrogens is 330 g/mol. The van der Waals surface area contributed by atoms with Crippen LogP contribution in [0.25, 0.3) is 0 Å². The predicted octanol–water partition coefficient (Wildman–Crippen LogP) is 3.97. The Labute approximate surface area is 134 Å². The lowest BCUT2D eigenvalue weighted by Gasteiger charge is -2.19. The summed E-state index contributed by atoms with van der Waals surface area (Å²) in [6, 6.07) is 14.6. The highest BCUT2D eigenvalue weighted by Gasteiger charge is 2.14. The van der Waals surface area contributed by atoms with Crippen molar-refractivity contribution in [3.05, 3.63) is 58.1 Å². The maximum atomic E-state index is 5.37. The van der Waals surface area contributed by atoms with E-state index in [0.717, 1.165) is 22.4 Å². The van der Waals surface area contributed by atoms with Crippen LogP contribution in [0.5, 0.6) is 11.5 Å². The quantitative estimate of drug-likeness (QED) is 0.855. The molecule has 1 N–H and O–H groups in total. The molecule has 2 aromatic carbocycles. The summed E-state index contributed by atoms with van der Waals surface area (Å²) in [5.41, 5.74) is 2.44. The van der Waals surface area contributed by atoms with E-state index in [9.17, 15) is 0 Å². The number of benzene rings is 2. The summed E-state index contributed by atoms with van der Waals surface area (Å²) in [5, 5.41) is 3.37. The molecule has 0 radical (unpaired) electrons. The van der Waals surface area contributed by atoms with Crippen molar-refractivity contribution in [2.24, 2.45) is 0 Å². The number of ether oxygens (including phenoxy) is 2. The lowest BCUT2D eigenvalue weighted by molar-refractivity contribution is 0.354. The molecule has 112 valence electrons. The lowest BCUT2D eigenvalue weighted by atomic mass is 9.99. The van der Waals surface area contributed by atoms with Gasteiger partial charge in [-0.3, -0.25) is 0 Å². The van der Waals surface area contributed by atoms with Crippen LogP contribution in [0.1, 0.15) is 17.2 Å². The Morgan fingerprint density at radius 2 is 1.76 bits per heavy atom. The van der Waals surface area contributed by atoms with Crippen LogP contribution in [0.3, 0.4) is 0 Å². The molecule has 0 spiro atoms. The van der Waals surface area contributed by atoms with Crippen LogP contribution in [0.15, 0.2) is 46.9 Å². The minimum atomic E-state index is 0.235. The maximum Gasteiger partial charge on any atom is 0.160 e. The predicted molar refractivity (Wildman–Crippen MR) is 89.2 cm³/mol. The summed E-state index contributed by atoms with van der Waals surface area (Å²) >= 11 is 3.62. The topological polar surface area (TPSA) is 30.5 Å². The molecule has 0 aliphatic rings.